The van der Waals surface area contributed by atoms with Crippen LogP contribution in [0.25, 0.3) is 32.3 Å². The minimum atomic E-state index is -0.708. The van der Waals surface area contributed by atoms with Gasteiger partial charge in [-0.1, -0.05) is 48.5 Å². The summed E-state index contributed by atoms with van der Waals surface area (Å²) in [6.07, 6.45) is 0. The van der Waals surface area contributed by atoms with E-state index in [-0.39, 0.29) is 13.2 Å². The lowest BCUT2D eigenvalue weighted by Crippen LogP contribution is -2.48. The van der Waals surface area contributed by atoms with Crippen LogP contribution in [-0.4, -0.2) is 29.0 Å². The second-order valence-electron chi connectivity index (χ2n) is 7.23. The van der Waals surface area contributed by atoms with Crippen molar-refractivity contribution >= 4 is 32.3 Å². The van der Waals surface area contributed by atoms with Crippen LogP contribution < -0.4 is 5.32 Å². The number of hydrogen-bond acceptors (Lipinski definition) is 3. The second-order valence-corrected chi connectivity index (χ2v) is 7.23. The standard InChI is InChI=1S/C23H23NO2/c1-23(14-25,15-26)24-13-22-20-9-5-4-8-18(20)11-19-10-16-6-2-3-7-17(16)12-21(19)22/h2-12,24-26H,13-15H2,1H3. The summed E-state index contributed by atoms with van der Waals surface area (Å²) in [5.74, 6) is 0. The van der Waals surface area contributed by atoms with Crippen molar-refractivity contribution in [1.82, 2.24) is 5.32 Å². The molecule has 0 saturated heterocycles. The van der Waals surface area contributed by atoms with E-state index in [1.807, 2.05) is 6.92 Å². The number of fused-ring (bicyclic) bond motifs is 3. The normalized spacial score (nSPS) is 12.3. The van der Waals surface area contributed by atoms with Gasteiger partial charge in [-0.3, -0.25) is 0 Å². The van der Waals surface area contributed by atoms with Crippen molar-refractivity contribution in [2.45, 2.75) is 19.0 Å². The van der Waals surface area contributed by atoms with E-state index < -0.39 is 5.54 Å². The molecule has 0 radical (unpaired) electrons. The molecule has 0 aliphatic carbocycles. The van der Waals surface area contributed by atoms with Crippen LogP contribution in [0.5, 0.6) is 0 Å². The summed E-state index contributed by atoms with van der Waals surface area (Å²) < 4.78 is 0. The van der Waals surface area contributed by atoms with Gasteiger partial charge >= 0.3 is 0 Å². The average Bonchev–Trinajstić information content (AvgIpc) is 2.69. The molecule has 0 heterocycles. The highest BCUT2D eigenvalue weighted by Crippen LogP contribution is 2.32. The van der Waals surface area contributed by atoms with Gasteiger partial charge in [0.15, 0.2) is 0 Å². The van der Waals surface area contributed by atoms with Gasteiger partial charge in [0, 0.05) is 6.54 Å². The van der Waals surface area contributed by atoms with Gasteiger partial charge < -0.3 is 15.5 Å². The summed E-state index contributed by atoms with van der Waals surface area (Å²) in [5, 5.41) is 29.8. The molecule has 3 nitrogen and oxygen atoms in total. The Morgan fingerprint density at radius 3 is 2.00 bits per heavy atom. The lowest BCUT2D eigenvalue weighted by Gasteiger charge is -2.27. The van der Waals surface area contributed by atoms with Gasteiger partial charge in [-0.05, 0) is 63.0 Å². The van der Waals surface area contributed by atoms with E-state index >= 15 is 0 Å². The quantitative estimate of drug-likeness (QED) is 0.480. The van der Waals surface area contributed by atoms with E-state index in [0.717, 1.165) is 0 Å². The Morgan fingerprint density at radius 2 is 1.31 bits per heavy atom. The van der Waals surface area contributed by atoms with Crippen LogP contribution in [0.3, 0.4) is 0 Å². The molecular formula is C23H23NO2. The van der Waals surface area contributed by atoms with Crippen LogP contribution in [0.1, 0.15) is 12.5 Å². The molecular weight excluding hydrogens is 322 g/mol. The first-order chi connectivity index (χ1) is 12.6. The second kappa shape index (κ2) is 6.69. The lowest BCUT2D eigenvalue weighted by atomic mass is 9.93. The Hall–Kier alpha value is -2.46. The van der Waals surface area contributed by atoms with Crippen molar-refractivity contribution in [2.24, 2.45) is 0 Å². The van der Waals surface area contributed by atoms with Crippen molar-refractivity contribution in [3.05, 3.63) is 72.3 Å². The number of benzene rings is 4. The van der Waals surface area contributed by atoms with Crippen molar-refractivity contribution < 1.29 is 10.2 Å². The van der Waals surface area contributed by atoms with Crippen molar-refractivity contribution in [3.8, 4) is 0 Å². The maximum absolute atomic E-state index is 9.61. The van der Waals surface area contributed by atoms with Gasteiger partial charge in [0.05, 0.1) is 18.8 Å². The molecule has 0 saturated carbocycles. The SMILES string of the molecule is CC(CO)(CO)NCc1c2ccccc2cc2cc3ccccc3cc12. The zero-order chi connectivity index (χ0) is 18.1. The van der Waals surface area contributed by atoms with Gasteiger partial charge in [0.1, 0.15) is 0 Å². The molecule has 0 bridgehead atoms. The van der Waals surface area contributed by atoms with Crippen LogP contribution in [-0.2, 0) is 6.54 Å². The topological polar surface area (TPSA) is 52.5 Å². The Morgan fingerprint density at radius 1 is 0.731 bits per heavy atom. The van der Waals surface area contributed by atoms with Gasteiger partial charge in [0.25, 0.3) is 0 Å². The minimum absolute atomic E-state index is 0.116. The van der Waals surface area contributed by atoms with Crippen LogP contribution in [0, 0.1) is 0 Å². The van der Waals surface area contributed by atoms with Crippen molar-refractivity contribution in [1.29, 1.82) is 0 Å². The molecule has 4 aromatic carbocycles. The summed E-state index contributed by atoms with van der Waals surface area (Å²) in [4.78, 5) is 0. The van der Waals surface area contributed by atoms with E-state index in [4.69, 9.17) is 0 Å². The number of aliphatic hydroxyl groups excluding tert-OH is 2. The van der Waals surface area contributed by atoms with Crippen molar-refractivity contribution in [2.75, 3.05) is 13.2 Å². The summed E-state index contributed by atoms with van der Waals surface area (Å²) in [7, 11) is 0. The van der Waals surface area contributed by atoms with Gasteiger partial charge in [-0.2, -0.15) is 0 Å². The summed E-state index contributed by atoms with van der Waals surface area (Å²) in [6.45, 7) is 2.17. The molecule has 0 amide bonds. The van der Waals surface area contributed by atoms with Gasteiger partial charge in [-0.25, -0.2) is 0 Å². The fraction of sp³-hybridized carbons (Fsp3) is 0.217. The number of hydrogen-bond donors (Lipinski definition) is 3. The summed E-state index contributed by atoms with van der Waals surface area (Å²) in [5.41, 5.74) is 0.483. The Labute approximate surface area is 152 Å². The smallest absolute Gasteiger partial charge is 0.0633 e. The third kappa shape index (κ3) is 2.95. The number of aliphatic hydroxyl groups is 2. The molecule has 132 valence electrons. The molecule has 0 atom stereocenters. The third-order valence-electron chi connectivity index (χ3n) is 5.23. The Kier molecular flexibility index (Phi) is 4.37. The minimum Gasteiger partial charge on any atom is -0.394 e. The van der Waals surface area contributed by atoms with E-state index in [1.54, 1.807) is 0 Å². The molecule has 0 aromatic heterocycles. The van der Waals surface area contributed by atoms with E-state index in [2.05, 4.69) is 72.0 Å². The first-order valence-electron chi connectivity index (χ1n) is 8.93. The largest absolute Gasteiger partial charge is 0.394 e. The molecule has 3 heteroatoms. The van der Waals surface area contributed by atoms with Crippen LogP contribution in [0.2, 0.25) is 0 Å². The molecule has 4 rings (SSSR count). The van der Waals surface area contributed by atoms with Crippen molar-refractivity contribution in [3.63, 3.8) is 0 Å². The zero-order valence-corrected chi connectivity index (χ0v) is 14.9. The van der Waals surface area contributed by atoms with E-state index in [1.165, 1.54) is 37.9 Å². The molecule has 4 aromatic rings. The Balaban J connectivity index is 1.95. The van der Waals surface area contributed by atoms with Crippen LogP contribution >= 0.6 is 0 Å². The van der Waals surface area contributed by atoms with Crippen LogP contribution in [0.4, 0.5) is 0 Å². The van der Waals surface area contributed by atoms with Crippen LogP contribution in [0.15, 0.2) is 66.7 Å². The molecule has 3 N–H and O–H groups in total. The number of nitrogens with one attached hydrogen (secondary N) is 1. The maximum Gasteiger partial charge on any atom is 0.0633 e. The molecule has 26 heavy (non-hydrogen) atoms. The highest BCUT2D eigenvalue weighted by Gasteiger charge is 2.22. The molecule has 0 fully saturated rings. The molecule has 0 aliphatic rings. The highest BCUT2D eigenvalue weighted by atomic mass is 16.3. The predicted octanol–water partition coefficient (Wildman–Crippen LogP) is 3.98. The fourth-order valence-electron chi connectivity index (χ4n) is 3.50. The predicted molar refractivity (Wildman–Crippen MR) is 108 cm³/mol. The van der Waals surface area contributed by atoms with E-state index in [0.29, 0.717) is 6.54 Å². The lowest BCUT2D eigenvalue weighted by molar-refractivity contribution is 0.103. The first-order valence-corrected chi connectivity index (χ1v) is 8.93. The summed E-state index contributed by atoms with van der Waals surface area (Å²) >= 11 is 0. The third-order valence-corrected chi connectivity index (χ3v) is 5.23. The highest BCUT2D eigenvalue weighted by molar-refractivity contribution is 6.07. The van der Waals surface area contributed by atoms with Gasteiger partial charge in [0.2, 0.25) is 0 Å². The zero-order valence-electron chi connectivity index (χ0n) is 14.9. The maximum atomic E-state index is 9.61. The average molecular weight is 345 g/mol. The van der Waals surface area contributed by atoms with Gasteiger partial charge in [-0.15, -0.1) is 0 Å². The Bertz CT molecular complexity index is 1080. The molecule has 0 spiro atoms. The first kappa shape index (κ1) is 17.0. The molecule has 0 unspecified atom stereocenters. The van der Waals surface area contributed by atoms with E-state index in [9.17, 15) is 10.2 Å². The fourth-order valence-corrected chi connectivity index (χ4v) is 3.50. The number of rotatable bonds is 5. The molecule has 0 aliphatic heterocycles. The monoisotopic (exact) mass is 345 g/mol. The summed E-state index contributed by atoms with van der Waals surface area (Å²) in [6, 6.07) is 23.5.